The first kappa shape index (κ1) is 17.0. The van der Waals surface area contributed by atoms with Gasteiger partial charge in [0.05, 0.1) is 27.6 Å². The molecule has 0 saturated heterocycles. The van der Waals surface area contributed by atoms with E-state index in [9.17, 15) is 9.59 Å². The Kier molecular flexibility index (Phi) is 5.33. The van der Waals surface area contributed by atoms with E-state index in [4.69, 9.17) is 11.6 Å². The average molecular weight is 372 g/mol. The van der Waals surface area contributed by atoms with E-state index < -0.39 is 6.03 Å². The van der Waals surface area contributed by atoms with Crippen LogP contribution in [0, 0.1) is 0 Å². The van der Waals surface area contributed by atoms with E-state index in [1.54, 1.807) is 60.0 Å². The molecule has 0 atom stereocenters. The Bertz CT molecular complexity index is 897. The van der Waals surface area contributed by atoms with Crippen LogP contribution in [0.15, 0.2) is 65.4 Å². The van der Waals surface area contributed by atoms with E-state index in [1.165, 1.54) is 11.3 Å². The van der Waals surface area contributed by atoms with Gasteiger partial charge in [-0.2, -0.15) is 11.3 Å². The molecule has 3 rings (SSSR count). The molecule has 1 aromatic heterocycles. The lowest BCUT2D eigenvalue weighted by Crippen LogP contribution is -2.21. The number of anilines is 3. The second-order valence-electron chi connectivity index (χ2n) is 5.07. The number of carbonyl (C=O) groups is 2. The summed E-state index contributed by atoms with van der Waals surface area (Å²) in [6.45, 7) is 0. The average Bonchev–Trinajstić information content (AvgIpc) is 3.13. The van der Waals surface area contributed by atoms with Crippen LogP contribution in [0.3, 0.4) is 0 Å². The second kappa shape index (κ2) is 7.83. The summed E-state index contributed by atoms with van der Waals surface area (Å²) in [6.07, 6.45) is 0. The Labute approximate surface area is 153 Å². The highest BCUT2D eigenvalue weighted by atomic mass is 35.5. The monoisotopic (exact) mass is 371 g/mol. The predicted octanol–water partition coefficient (Wildman–Crippen LogP) is 5.30. The molecule has 0 aliphatic rings. The van der Waals surface area contributed by atoms with Crippen molar-refractivity contribution in [1.82, 2.24) is 0 Å². The van der Waals surface area contributed by atoms with Crippen molar-refractivity contribution in [3.05, 3.63) is 75.9 Å². The molecule has 0 spiro atoms. The van der Waals surface area contributed by atoms with Crippen LogP contribution >= 0.6 is 22.9 Å². The number of para-hydroxylation sites is 3. The normalized spacial score (nSPS) is 10.1. The zero-order valence-corrected chi connectivity index (χ0v) is 14.5. The SMILES string of the molecule is O=C(Nc1ccccc1Cl)Nc1ccccc1NC(=O)c1ccsc1. The molecule has 3 aromatic rings. The van der Waals surface area contributed by atoms with Crippen LogP contribution in [0.5, 0.6) is 0 Å². The van der Waals surface area contributed by atoms with Gasteiger partial charge in [-0.05, 0) is 35.7 Å². The number of rotatable bonds is 4. The second-order valence-corrected chi connectivity index (χ2v) is 6.26. The zero-order valence-electron chi connectivity index (χ0n) is 13.0. The van der Waals surface area contributed by atoms with E-state index >= 15 is 0 Å². The van der Waals surface area contributed by atoms with Crippen molar-refractivity contribution in [2.75, 3.05) is 16.0 Å². The van der Waals surface area contributed by atoms with Crippen LogP contribution < -0.4 is 16.0 Å². The summed E-state index contributed by atoms with van der Waals surface area (Å²) in [5, 5.41) is 12.2. The Balaban J connectivity index is 1.71. The number of amides is 3. The lowest BCUT2D eigenvalue weighted by atomic mass is 10.2. The molecule has 3 N–H and O–H groups in total. The van der Waals surface area contributed by atoms with Crippen LogP contribution in [0.1, 0.15) is 10.4 Å². The van der Waals surface area contributed by atoms with Crippen LogP contribution in [0.25, 0.3) is 0 Å². The van der Waals surface area contributed by atoms with E-state index in [1.807, 2.05) is 5.38 Å². The van der Waals surface area contributed by atoms with Gasteiger partial charge >= 0.3 is 6.03 Å². The van der Waals surface area contributed by atoms with Crippen molar-refractivity contribution in [2.24, 2.45) is 0 Å². The van der Waals surface area contributed by atoms with Crippen LogP contribution in [0.4, 0.5) is 21.9 Å². The number of urea groups is 1. The maximum Gasteiger partial charge on any atom is 0.323 e. The molecule has 0 aliphatic carbocycles. The fourth-order valence-corrected chi connectivity index (χ4v) is 2.95. The Morgan fingerprint density at radius 2 is 1.40 bits per heavy atom. The third-order valence-corrected chi connectivity index (χ3v) is 4.34. The third kappa shape index (κ3) is 4.37. The van der Waals surface area contributed by atoms with Crippen LogP contribution in [0.2, 0.25) is 5.02 Å². The van der Waals surface area contributed by atoms with Gasteiger partial charge in [0.25, 0.3) is 5.91 Å². The van der Waals surface area contributed by atoms with Crippen LogP contribution in [-0.4, -0.2) is 11.9 Å². The fourth-order valence-electron chi connectivity index (χ4n) is 2.13. The van der Waals surface area contributed by atoms with Gasteiger partial charge in [-0.3, -0.25) is 4.79 Å². The van der Waals surface area contributed by atoms with E-state index in [0.717, 1.165) is 0 Å². The number of hydrogen-bond donors (Lipinski definition) is 3. The van der Waals surface area contributed by atoms with Crippen LogP contribution in [-0.2, 0) is 0 Å². The summed E-state index contributed by atoms with van der Waals surface area (Å²) >= 11 is 7.47. The molecule has 7 heteroatoms. The molecular formula is C18H14ClN3O2S. The number of nitrogens with one attached hydrogen (secondary N) is 3. The summed E-state index contributed by atoms with van der Waals surface area (Å²) in [5.74, 6) is -0.234. The number of thiophene rings is 1. The molecule has 0 unspecified atom stereocenters. The highest BCUT2D eigenvalue weighted by Gasteiger charge is 2.12. The van der Waals surface area contributed by atoms with Crippen molar-refractivity contribution in [3.8, 4) is 0 Å². The molecule has 2 aromatic carbocycles. The molecule has 0 aliphatic heterocycles. The smallest absolute Gasteiger partial charge is 0.320 e. The van der Waals surface area contributed by atoms with E-state index in [0.29, 0.717) is 27.6 Å². The molecule has 0 saturated carbocycles. The minimum atomic E-state index is -0.453. The van der Waals surface area contributed by atoms with Crippen molar-refractivity contribution < 1.29 is 9.59 Å². The third-order valence-electron chi connectivity index (χ3n) is 3.33. The number of carbonyl (C=O) groups excluding carboxylic acids is 2. The fraction of sp³-hybridized carbons (Fsp3) is 0. The molecule has 126 valence electrons. The topological polar surface area (TPSA) is 70.2 Å². The Morgan fingerprint density at radius 3 is 2.04 bits per heavy atom. The number of halogens is 1. The lowest BCUT2D eigenvalue weighted by Gasteiger charge is -2.13. The summed E-state index contributed by atoms with van der Waals surface area (Å²) in [4.78, 5) is 24.4. The first-order valence-corrected chi connectivity index (χ1v) is 8.70. The molecule has 1 heterocycles. The quantitative estimate of drug-likeness (QED) is 0.582. The summed E-state index contributed by atoms with van der Waals surface area (Å²) < 4.78 is 0. The van der Waals surface area contributed by atoms with Crippen molar-refractivity contribution in [3.63, 3.8) is 0 Å². The molecule has 5 nitrogen and oxygen atoms in total. The largest absolute Gasteiger partial charge is 0.323 e. The van der Waals surface area contributed by atoms with E-state index in [-0.39, 0.29) is 5.91 Å². The molecule has 25 heavy (non-hydrogen) atoms. The summed E-state index contributed by atoms with van der Waals surface area (Å²) in [5.41, 5.74) is 2.06. The number of hydrogen-bond acceptors (Lipinski definition) is 3. The molecule has 0 radical (unpaired) electrons. The van der Waals surface area contributed by atoms with Gasteiger partial charge in [0.2, 0.25) is 0 Å². The lowest BCUT2D eigenvalue weighted by molar-refractivity contribution is 0.102. The zero-order chi connectivity index (χ0) is 17.6. The predicted molar refractivity (Wildman–Crippen MR) is 103 cm³/mol. The van der Waals surface area contributed by atoms with Gasteiger partial charge in [0.1, 0.15) is 0 Å². The molecule has 0 fully saturated rings. The first-order chi connectivity index (χ1) is 12.1. The van der Waals surface area contributed by atoms with Crippen molar-refractivity contribution in [2.45, 2.75) is 0 Å². The molecule has 0 bridgehead atoms. The maximum absolute atomic E-state index is 12.2. The van der Waals surface area contributed by atoms with Gasteiger partial charge < -0.3 is 16.0 Å². The van der Waals surface area contributed by atoms with Crippen molar-refractivity contribution in [1.29, 1.82) is 0 Å². The molecular weight excluding hydrogens is 358 g/mol. The number of benzene rings is 2. The highest BCUT2D eigenvalue weighted by Crippen LogP contribution is 2.24. The Hall–Kier alpha value is -2.83. The first-order valence-electron chi connectivity index (χ1n) is 7.38. The van der Waals surface area contributed by atoms with Gasteiger partial charge in [0.15, 0.2) is 0 Å². The summed E-state index contributed by atoms with van der Waals surface area (Å²) in [6, 6.07) is 15.2. The molecule has 3 amide bonds. The van der Waals surface area contributed by atoms with E-state index in [2.05, 4.69) is 16.0 Å². The van der Waals surface area contributed by atoms with Gasteiger partial charge in [-0.1, -0.05) is 35.9 Å². The maximum atomic E-state index is 12.2. The van der Waals surface area contributed by atoms with Crippen molar-refractivity contribution >= 4 is 51.9 Å². The Morgan fingerprint density at radius 1 is 0.800 bits per heavy atom. The highest BCUT2D eigenvalue weighted by molar-refractivity contribution is 7.08. The minimum Gasteiger partial charge on any atom is -0.320 e. The van der Waals surface area contributed by atoms with Gasteiger partial charge in [-0.15, -0.1) is 0 Å². The standard InChI is InChI=1S/C18H14ClN3O2S/c19-13-5-1-2-6-14(13)21-18(24)22-16-8-4-3-7-15(16)20-17(23)12-9-10-25-11-12/h1-11H,(H,20,23)(H2,21,22,24). The van der Waals surface area contributed by atoms with Gasteiger partial charge in [0, 0.05) is 5.38 Å². The van der Waals surface area contributed by atoms with Gasteiger partial charge in [-0.25, -0.2) is 4.79 Å². The summed E-state index contributed by atoms with van der Waals surface area (Å²) in [7, 11) is 0. The minimum absolute atomic E-state index is 0.234.